The third kappa shape index (κ3) is 5.60. The molecule has 0 fully saturated rings. The van der Waals surface area contributed by atoms with Crippen molar-refractivity contribution in [2.75, 3.05) is 26.1 Å². The third-order valence-corrected chi connectivity index (χ3v) is 5.23. The van der Waals surface area contributed by atoms with Gasteiger partial charge < -0.3 is 25.3 Å². The smallest absolute Gasteiger partial charge is 0.416 e. The SMILES string of the molecule is COc1cc(C)c2c(Oc3cccc(C(F)(F)F)c3)c(OC)cc(N[C@H](C)CCCN)c2n1. The molecule has 3 N–H and O–H groups in total. The molecule has 0 amide bonds. The Labute approximate surface area is 190 Å². The molecule has 0 aliphatic carbocycles. The lowest BCUT2D eigenvalue weighted by atomic mass is 10.1. The van der Waals surface area contributed by atoms with Crippen LogP contribution in [0.15, 0.2) is 36.4 Å². The zero-order valence-electron chi connectivity index (χ0n) is 19.0. The number of ether oxygens (including phenoxy) is 3. The number of alkyl halides is 3. The Kier molecular flexibility index (Phi) is 7.53. The maximum atomic E-state index is 13.2. The summed E-state index contributed by atoms with van der Waals surface area (Å²) in [7, 11) is 3.00. The van der Waals surface area contributed by atoms with Gasteiger partial charge in [0.25, 0.3) is 0 Å². The molecule has 3 rings (SSSR count). The quantitative estimate of drug-likeness (QED) is 0.411. The average Bonchev–Trinajstić information content (AvgIpc) is 2.78. The normalized spacial score (nSPS) is 12.5. The first kappa shape index (κ1) is 24.4. The van der Waals surface area contributed by atoms with Crippen LogP contribution in [-0.2, 0) is 6.18 Å². The first-order valence-corrected chi connectivity index (χ1v) is 10.6. The van der Waals surface area contributed by atoms with Crippen LogP contribution >= 0.6 is 0 Å². The molecule has 0 bridgehead atoms. The molecule has 6 nitrogen and oxygen atoms in total. The molecule has 0 unspecified atom stereocenters. The van der Waals surface area contributed by atoms with Crippen molar-refractivity contribution >= 4 is 16.6 Å². The minimum atomic E-state index is -4.48. The van der Waals surface area contributed by atoms with Crippen molar-refractivity contribution in [2.45, 2.75) is 38.9 Å². The number of hydrogen-bond donors (Lipinski definition) is 2. The first-order valence-electron chi connectivity index (χ1n) is 10.6. The number of rotatable bonds is 9. The van der Waals surface area contributed by atoms with Crippen molar-refractivity contribution in [3.63, 3.8) is 0 Å². The Morgan fingerprint density at radius 1 is 1.12 bits per heavy atom. The Morgan fingerprint density at radius 3 is 2.52 bits per heavy atom. The van der Waals surface area contributed by atoms with E-state index in [1.165, 1.54) is 26.4 Å². The van der Waals surface area contributed by atoms with Gasteiger partial charge in [0.15, 0.2) is 11.5 Å². The molecule has 2 aromatic carbocycles. The summed E-state index contributed by atoms with van der Waals surface area (Å²) in [5.41, 5.74) is 6.87. The Hall–Kier alpha value is -3.20. The van der Waals surface area contributed by atoms with Gasteiger partial charge in [0.05, 0.1) is 30.9 Å². The van der Waals surface area contributed by atoms with E-state index in [9.17, 15) is 13.2 Å². The van der Waals surface area contributed by atoms with E-state index in [4.69, 9.17) is 19.9 Å². The van der Waals surface area contributed by atoms with E-state index < -0.39 is 11.7 Å². The fourth-order valence-electron chi connectivity index (χ4n) is 3.60. The molecule has 0 saturated carbocycles. The molecule has 1 heterocycles. The van der Waals surface area contributed by atoms with Crippen LogP contribution in [0.5, 0.6) is 23.1 Å². The molecule has 3 aromatic rings. The van der Waals surface area contributed by atoms with Gasteiger partial charge in [0.1, 0.15) is 11.3 Å². The Morgan fingerprint density at radius 2 is 1.88 bits per heavy atom. The van der Waals surface area contributed by atoms with Gasteiger partial charge in [-0.3, -0.25) is 0 Å². The second-order valence-corrected chi connectivity index (χ2v) is 7.76. The summed E-state index contributed by atoms with van der Waals surface area (Å²) in [5, 5.41) is 4.05. The minimum absolute atomic E-state index is 0.0386. The van der Waals surface area contributed by atoms with Crippen LogP contribution < -0.4 is 25.3 Å². The molecule has 33 heavy (non-hydrogen) atoms. The monoisotopic (exact) mass is 463 g/mol. The van der Waals surface area contributed by atoms with Gasteiger partial charge in [-0.25, -0.2) is 4.98 Å². The molecule has 9 heteroatoms. The molecule has 0 saturated heterocycles. The second-order valence-electron chi connectivity index (χ2n) is 7.76. The van der Waals surface area contributed by atoms with Crippen LogP contribution in [0.3, 0.4) is 0 Å². The second kappa shape index (κ2) is 10.2. The van der Waals surface area contributed by atoms with Gasteiger partial charge in [-0.1, -0.05) is 6.07 Å². The van der Waals surface area contributed by atoms with Gasteiger partial charge in [0.2, 0.25) is 5.88 Å². The summed E-state index contributed by atoms with van der Waals surface area (Å²) >= 11 is 0. The van der Waals surface area contributed by atoms with Gasteiger partial charge in [-0.15, -0.1) is 0 Å². The molecular weight excluding hydrogens is 435 g/mol. The summed E-state index contributed by atoms with van der Waals surface area (Å²) in [4.78, 5) is 4.60. The summed E-state index contributed by atoms with van der Waals surface area (Å²) in [6.07, 6.45) is -2.77. The number of anilines is 1. The van der Waals surface area contributed by atoms with E-state index in [0.29, 0.717) is 34.8 Å². The molecule has 178 valence electrons. The highest BCUT2D eigenvalue weighted by Gasteiger charge is 2.31. The van der Waals surface area contributed by atoms with Crippen LogP contribution in [-0.4, -0.2) is 31.8 Å². The van der Waals surface area contributed by atoms with E-state index in [0.717, 1.165) is 30.5 Å². The first-order chi connectivity index (χ1) is 15.7. The van der Waals surface area contributed by atoms with Gasteiger partial charge >= 0.3 is 6.18 Å². The van der Waals surface area contributed by atoms with E-state index in [-0.39, 0.29) is 17.5 Å². The number of aromatic nitrogens is 1. The highest BCUT2D eigenvalue weighted by atomic mass is 19.4. The van der Waals surface area contributed by atoms with Gasteiger partial charge in [0, 0.05) is 18.2 Å². The maximum absolute atomic E-state index is 13.2. The molecular formula is C24H28F3N3O3. The largest absolute Gasteiger partial charge is 0.493 e. The van der Waals surface area contributed by atoms with Crippen LogP contribution in [0, 0.1) is 6.92 Å². The number of nitrogens with one attached hydrogen (secondary N) is 1. The highest BCUT2D eigenvalue weighted by molar-refractivity contribution is 6.00. The standard InChI is InChI=1S/C24H28F3N3O3/c1-14-11-20(32-4)30-22-18(29-15(2)7-6-10-28)13-19(31-3)23(21(14)22)33-17-9-5-8-16(12-17)24(25,26)27/h5,8-9,11-13,15,29H,6-7,10,28H2,1-4H3/t15-/m1/s1. The number of aryl methyl sites for hydroxylation is 1. The minimum Gasteiger partial charge on any atom is -0.493 e. The molecule has 1 atom stereocenters. The van der Waals surface area contributed by atoms with Crippen molar-refractivity contribution in [3.05, 3.63) is 47.5 Å². The number of fused-ring (bicyclic) bond motifs is 1. The number of pyridine rings is 1. The number of hydrogen-bond acceptors (Lipinski definition) is 6. The maximum Gasteiger partial charge on any atom is 0.416 e. The predicted octanol–water partition coefficient (Wildman–Crippen LogP) is 5.91. The number of nitrogens with zero attached hydrogens (tertiary/aromatic N) is 1. The molecule has 0 radical (unpaired) electrons. The lowest BCUT2D eigenvalue weighted by molar-refractivity contribution is -0.137. The number of nitrogens with two attached hydrogens (primary N) is 1. The van der Waals surface area contributed by atoms with Crippen molar-refractivity contribution in [1.82, 2.24) is 4.98 Å². The molecule has 0 spiro atoms. The van der Waals surface area contributed by atoms with E-state index in [2.05, 4.69) is 10.3 Å². The number of methoxy groups -OCH3 is 2. The summed E-state index contributed by atoms with van der Waals surface area (Å²) in [6, 6.07) is 8.29. The van der Waals surface area contributed by atoms with Gasteiger partial charge in [-0.2, -0.15) is 13.2 Å². The number of benzene rings is 2. The zero-order valence-corrected chi connectivity index (χ0v) is 19.0. The fraction of sp³-hybridized carbons (Fsp3) is 0.375. The summed E-state index contributed by atoms with van der Waals surface area (Å²) in [5.74, 6) is 1.09. The van der Waals surface area contributed by atoms with Crippen molar-refractivity contribution < 1.29 is 27.4 Å². The van der Waals surface area contributed by atoms with E-state index in [1.807, 2.05) is 13.8 Å². The lowest BCUT2D eigenvalue weighted by Gasteiger charge is -2.21. The Balaban J connectivity index is 2.16. The van der Waals surface area contributed by atoms with Crippen LogP contribution in [0.1, 0.15) is 30.9 Å². The summed E-state index contributed by atoms with van der Waals surface area (Å²) < 4.78 is 56.5. The van der Waals surface area contributed by atoms with Crippen molar-refractivity contribution in [1.29, 1.82) is 0 Å². The average molecular weight is 464 g/mol. The van der Waals surface area contributed by atoms with Crippen LogP contribution in [0.2, 0.25) is 0 Å². The van der Waals surface area contributed by atoms with Crippen LogP contribution in [0.4, 0.5) is 18.9 Å². The van der Waals surface area contributed by atoms with Crippen LogP contribution in [0.25, 0.3) is 10.9 Å². The number of halogens is 3. The predicted molar refractivity (Wildman–Crippen MR) is 122 cm³/mol. The Bertz CT molecular complexity index is 1120. The topological polar surface area (TPSA) is 78.6 Å². The van der Waals surface area contributed by atoms with Crippen molar-refractivity contribution in [3.8, 4) is 23.1 Å². The van der Waals surface area contributed by atoms with Crippen molar-refractivity contribution in [2.24, 2.45) is 5.73 Å². The molecule has 0 aliphatic heterocycles. The van der Waals surface area contributed by atoms with Gasteiger partial charge in [-0.05, 0) is 57.0 Å². The molecule has 0 aliphatic rings. The zero-order chi connectivity index (χ0) is 24.2. The summed E-state index contributed by atoms with van der Waals surface area (Å²) in [6.45, 7) is 4.48. The third-order valence-electron chi connectivity index (χ3n) is 5.23. The molecule has 1 aromatic heterocycles. The van der Waals surface area contributed by atoms with E-state index in [1.54, 1.807) is 12.1 Å². The lowest BCUT2D eigenvalue weighted by Crippen LogP contribution is -2.17. The highest BCUT2D eigenvalue weighted by Crippen LogP contribution is 2.45. The van der Waals surface area contributed by atoms with E-state index >= 15 is 0 Å². The fourth-order valence-corrected chi connectivity index (χ4v) is 3.60.